The summed E-state index contributed by atoms with van der Waals surface area (Å²) in [6.07, 6.45) is 1.37. The van der Waals surface area contributed by atoms with Crippen LogP contribution < -0.4 is 21.3 Å². The maximum absolute atomic E-state index is 13.0. The van der Waals surface area contributed by atoms with E-state index in [0.717, 1.165) is 54.5 Å². The molecule has 0 aliphatic heterocycles. The molecule has 0 atom stereocenters. The van der Waals surface area contributed by atoms with Gasteiger partial charge in [-0.2, -0.15) is 0 Å². The molecule has 17 rings (SSSR count). The van der Waals surface area contributed by atoms with Crippen molar-refractivity contribution in [1.29, 1.82) is 0 Å². The summed E-state index contributed by atoms with van der Waals surface area (Å²) >= 11 is 21.6. The lowest BCUT2D eigenvalue weighted by Crippen LogP contribution is -2.14. The van der Waals surface area contributed by atoms with E-state index in [9.17, 15) is 73.5 Å². The molecule has 0 saturated carbocycles. The average molecular weight is 1980 g/mol. The van der Waals surface area contributed by atoms with Gasteiger partial charge in [0, 0.05) is 58.5 Å². The van der Waals surface area contributed by atoms with Gasteiger partial charge in [0.25, 0.3) is 23.6 Å². The van der Waals surface area contributed by atoms with E-state index in [1.807, 2.05) is 147 Å². The number of halogens is 3. The second-order valence-corrected chi connectivity index (χ2v) is 35.8. The van der Waals surface area contributed by atoms with Crippen molar-refractivity contribution >= 4 is 178 Å². The Morgan fingerprint density at radius 1 is 0.323 bits per heavy atom. The number of carboxylic acids is 5. The number of ketones is 1. The maximum atomic E-state index is 13.0. The van der Waals surface area contributed by atoms with E-state index < -0.39 is 47.6 Å². The number of hydrogen-bond acceptors (Lipinski definition) is 20. The molecule has 0 saturated heterocycles. The molecule has 10 heterocycles. The SMILES string of the molecule is Cc1cc(C(=O)Nc2csc(-c3ccc(Cl)cc3)c2C(=O)O)c(C)o1.Cc1ccc(-c2scc(NC(=O)c3cc(-c4ccccc4)oc3C)c2C(=O)O)cc1.Cc1ccc(-c2scc(NC(=O)c3cc(C)oc3C)c2C(=O)O)cc1.Cc1oc(-c2ccccc2)cc1C(=O)Cc1csc(-c2ccc(Cl)cc2)c1C(=O)O.O=C(Nc1csc(-c2ccc(Br)cc2)c1C(=O)O)c1ccco1. The molecule has 0 fully saturated rings. The van der Waals surface area contributed by atoms with Gasteiger partial charge in [0.2, 0.25) is 0 Å². The zero-order valence-electron chi connectivity index (χ0n) is 71.5. The van der Waals surface area contributed by atoms with Gasteiger partial charge in [0.05, 0.1) is 76.3 Å². The molecule has 0 unspecified atom stereocenters. The molecule has 24 nitrogen and oxygen atoms in total. The van der Waals surface area contributed by atoms with Crippen molar-refractivity contribution in [2.45, 2.75) is 61.8 Å². The zero-order chi connectivity index (χ0) is 95.2. The van der Waals surface area contributed by atoms with Crippen LogP contribution in [0.4, 0.5) is 22.7 Å². The molecule has 10 aromatic heterocycles. The number of rotatable bonds is 23. The van der Waals surface area contributed by atoms with Crippen LogP contribution in [0.3, 0.4) is 0 Å². The summed E-state index contributed by atoms with van der Waals surface area (Å²) in [5.74, 6) is -2.75. The summed E-state index contributed by atoms with van der Waals surface area (Å²) in [6.45, 7) is 14.3. The first kappa shape index (κ1) is 96.0. The molecule has 32 heteroatoms. The normalized spacial score (nSPS) is 10.7. The van der Waals surface area contributed by atoms with Gasteiger partial charge in [0.1, 0.15) is 68.3 Å². The molecule has 4 amide bonds. The summed E-state index contributed by atoms with van der Waals surface area (Å²) in [5.41, 5.74) is 11.4. The Morgan fingerprint density at radius 2 is 0.624 bits per heavy atom. The van der Waals surface area contributed by atoms with Crippen LogP contribution in [0.1, 0.15) is 155 Å². The first-order valence-corrected chi connectivity index (χ1v) is 46.0. The van der Waals surface area contributed by atoms with Crippen LogP contribution in [-0.2, 0) is 6.42 Å². The van der Waals surface area contributed by atoms with Crippen molar-refractivity contribution < 1.29 is 95.6 Å². The Morgan fingerprint density at radius 3 is 0.955 bits per heavy atom. The average Bonchev–Trinajstić information content (AvgIpc) is 1.58. The highest BCUT2D eigenvalue weighted by molar-refractivity contribution is 9.10. The quantitative estimate of drug-likeness (QED) is 0.0269. The Labute approximate surface area is 798 Å². The number of carboxylic acid groups (broad SMARTS) is 5. The van der Waals surface area contributed by atoms with Gasteiger partial charge in [-0.1, -0.05) is 196 Å². The van der Waals surface area contributed by atoms with E-state index in [4.69, 9.17) is 45.3 Å². The number of thiophene rings is 5. The first-order valence-electron chi connectivity index (χ1n) is 40.1. The second-order valence-electron chi connectivity index (χ2n) is 29.6. The molecule has 0 aliphatic rings. The predicted molar refractivity (Wildman–Crippen MR) is 523 cm³/mol. The Hall–Kier alpha value is -14.6. The van der Waals surface area contributed by atoms with Gasteiger partial charge in [-0.25, -0.2) is 24.0 Å². The fourth-order valence-corrected chi connectivity index (χ4v) is 19.4. The lowest BCUT2D eigenvalue weighted by Gasteiger charge is -2.06. The molecule has 0 bridgehead atoms. The minimum atomic E-state index is -1.11. The van der Waals surface area contributed by atoms with Gasteiger partial charge >= 0.3 is 29.8 Å². The fourth-order valence-electron chi connectivity index (χ4n) is 13.8. The highest BCUT2D eigenvalue weighted by Gasteiger charge is 2.30. The van der Waals surface area contributed by atoms with Crippen molar-refractivity contribution in [2.24, 2.45) is 0 Å². The molecule has 672 valence electrons. The number of benzene rings is 7. The van der Waals surface area contributed by atoms with Crippen LogP contribution in [0.5, 0.6) is 0 Å². The Kier molecular flexibility index (Phi) is 31.0. The second kappa shape index (κ2) is 43.0. The maximum Gasteiger partial charge on any atom is 0.339 e. The molecule has 17 aromatic rings. The van der Waals surface area contributed by atoms with Crippen LogP contribution >= 0.6 is 95.8 Å². The molecule has 0 aliphatic carbocycles. The van der Waals surface area contributed by atoms with Gasteiger partial charge in [-0.15, -0.1) is 56.7 Å². The van der Waals surface area contributed by atoms with Gasteiger partial charge in [0.15, 0.2) is 11.5 Å². The van der Waals surface area contributed by atoms with Crippen molar-refractivity contribution in [2.75, 3.05) is 21.3 Å². The Bertz CT molecular complexity index is 6820. The third-order valence-corrected chi connectivity index (χ3v) is 26.4. The molecule has 133 heavy (non-hydrogen) atoms. The van der Waals surface area contributed by atoms with Gasteiger partial charge < -0.3 is 68.9 Å². The van der Waals surface area contributed by atoms with E-state index in [1.54, 1.807) is 147 Å². The first-order chi connectivity index (χ1) is 63.7. The molecule has 0 spiro atoms. The summed E-state index contributed by atoms with van der Waals surface area (Å²) in [4.78, 5) is 125. The zero-order valence-corrected chi connectivity index (χ0v) is 78.7. The summed E-state index contributed by atoms with van der Waals surface area (Å²) < 4.78 is 28.2. The van der Waals surface area contributed by atoms with Crippen LogP contribution in [-0.4, -0.2) is 84.8 Å². The molecular weight excluding hydrogens is 1900 g/mol. The number of hydrogen-bond donors (Lipinski definition) is 9. The van der Waals surface area contributed by atoms with E-state index in [2.05, 4.69) is 37.2 Å². The molecule has 0 radical (unpaired) electrons. The Balaban J connectivity index is 0.000000142. The number of amides is 4. The number of furan rings is 5. The number of aromatic carboxylic acids is 5. The molecule has 7 aromatic carbocycles. The van der Waals surface area contributed by atoms with Crippen molar-refractivity contribution in [3.63, 3.8) is 0 Å². The predicted octanol–water partition coefficient (Wildman–Crippen LogP) is 27.8. The van der Waals surface area contributed by atoms with Gasteiger partial charge in [-0.3, -0.25) is 24.0 Å². The van der Waals surface area contributed by atoms with Crippen molar-refractivity contribution in [3.05, 3.63) is 373 Å². The number of carbonyl (C=O) groups is 10. The highest BCUT2D eigenvalue weighted by atomic mass is 79.9. The monoisotopic (exact) mass is 1970 g/mol. The number of anilines is 4. The minimum absolute atomic E-state index is 0.0136. The number of nitrogens with one attached hydrogen (secondary N) is 4. The third kappa shape index (κ3) is 23.2. The van der Waals surface area contributed by atoms with E-state index in [0.29, 0.717) is 108 Å². The number of carbonyl (C=O) groups excluding carboxylic acids is 5. The highest BCUT2D eigenvalue weighted by Crippen LogP contribution is 2.43. The van der Waals surface area contributed by atoms with E-state index in [1.165, 1.54) is 69.0 Å². The largest absolute Gasteiger partial charge is 0.478 e. The summed E-state index contributed by atoms with van der Waals surface area (Å²) in [6, 6.07) is 65.2. The lowest BCUT2D eigenvalue weighted by molar-refractivity contribution is 0.0686. The fraction of sp³-hybridized carbons (Fsp3) is 0.0891. The number of aryl methyl sites for hydroxylation is 8. The van der Waals surface area contributed by atoms with Gasteiger partial charge in [-0.05, 0) is 167 Å². The van der Waals surface area contributed by atoms with E-state index in [-0.39, 0.29) is 74.4 Å². The number of Topliss-reactive ketones (excluding diaryl/α,β-unsaturated/α-hetero) is 1. The molecular formula is C101H77BrCl2N4O20S5. The van der Waals surface area contributed by atoms with Crippen LogP contribution in [0, 0.1) is 55.4 Å². The van der Waals surface area contributed by atoms with E-state index >= 15 is 0 Å². The summed E-state index contributed by atoms with van der Waals surface area (Å²) in [5, 5.41) is 68.4. The summed E-state index contributed by atoms with van der Waals surface area (Å²) in [7, 11) is 0. The standard InChI is InChI=1S/C24H17ClO4S.C24H19NO4S.C19H17NO4S.C18H14ClNO4S.C16H10BrNO4S/c1-14-19(12-21(29-14)15-5-3-2-4-6-15)20(26)11-17-13-30-23(22(17)24(27)28)16-7-9-18(25)10-8-16;1-14-8-10-17(11-9-14)22-21(24(27)28)19(13-30-22)25-23(26)18-12-20(29-15(18)2)16-6-4-3-5-7-16;1-10-4-6-13(7-5-10)17-16(19(22)23)15(9-25-17)20-18(21)14-8-11(2)24-12(14)3;1-9-7-13(10(2)24-9)17(21)20-14-8-25-16(15(14)18(22)23)11-3-5-12(19)6-4-11;17-10-5-3-9(4-6-10)14-13(16(20)21)11(8-23-14)18-15(19)12-2-1-7-22-12/h2-10,12-13H,11H2,1H3,(H,27,28);3-13H,1-2H3,(H,25,26)(H,27,28);4-9H,1-3H3,(H,20,21)(H,22,23);3-8H,1-2H3,(H,20,21)(H,22,23);1-8H,(H,18,19)(H,20,21). The van der Waals surface area contributed by atoms with Crippen molar-refractivity contribution in [3.8, 4) is 74.9 Å². The third-order valence-electron chi connectivity index (χ3n) is 20.2. The van der Waals surface area contributed by atoms with Crippen LogP contribution in [0.25, 0.3) is 74.9 Å². The van der Waals surface area contributed by atoms with Crippen LogP contribution in [0.15, 0.2) is 278 Å². The van der Waals surface area contributed by atoms with Crippen molar-refractivity contribution in [1.82, 2.24) is 0 Å². The topological polar surface area (TPSA) is 386 Å². The van der Waals surface area contributed by atoms with Crippen LogP contribution in [0.2, 0.25) is 10.0 Å². The smallest absolute Gasteiger partial charge is 0.339 e. The molecule has 9 N–H and O–H groups in total. The minimum Gasteiger partial charge on any atom is -0.478 e. The lowest BCUT2D eigenvalue weighted by atomic mass is 9.99.